The van der Waals surface area contributed by atoms with Crippen molar-refractivity contribution >= 4 is 21.6 Å². The summed E-state index contributed by atoms with van der Waals surface area (Å²) in [7, 11) is -2.11. The number of hydrogen-bond donors (Lipinski definition) is 0. The fraction of sp³-hybridized carbons (Fsp3) is 0.444. The van der Waals surface area contributed by atoms with Gasteiger partial charge in [-0.05, 0) is 46.3 Å². The van der Waals surface area contributed by atoms with E-state index in [0.717, 1.165) is 37.1 Å². The largest absolute Gasteiger partial charge is 0.378 e. The average Bonchev–Trinajstić information content (AvgIpc) is 2.90. The predicted molar refractivity (Wildman–Crippen MR) is 95.0 cm³/mol. The van der Waals surface area contributed by atoms with Gasteiger partial charge in [0.05, 0.1) is 11.8 Å². The van der Waals surface area contributed by atoms with E-state index in [4.69, 9.17) is 4.74 Å². The molecule has 2 heterocycles. The Balaban J connectivity index is 1.61. The maximum absolute atomic E-state index is 12.7. The molecular weight excluding hydrogens is 294 g/mol. The molecule has 3 nitrogen and oxygen atoms in total. The lowest BCUT2D eigenvalue weighted by atomic mass is 10.00. The van der Waals surface area contributed by atoms with Crippen molar-refractivity contribution in [3.8, 4) is 0 Å². The summed E-state index contributed by atoms with van der Waals surface area (Å²) in [6.07, 6.45) is 17.5. The lowest BCUT2D eigenvalue weighted by molar-refractivity contribution is 0.109. The van der Waals surface area contributed by atoms with Crippen LogP contribution in [0.5, 0.6) is 0 Å². The number of aliphatic imine (C=N–C) groups is 1. The van der Waals surface area contributed by atoms with Gasteiger partial charge in [0.2, 0.25) is 0 Å². The number of dihydropyridines is 1. The number of fused-ring (bicyclic) bond motifs is 1. The molecule has 0 spiro atoms. The Morgan fingerprint density at radius 3 is 3.09 bits per heavy atom. The van der Waals surface area contributed by atoms with E-state index in [1.807, 2.05) is 30.5 Å². The van der Waals surface area contributed by atoms with Crippen LogP contribution < -0.4 is 0 Å². The van der Waals surface area contributed by atoms with Crippen molar-refractivity contribution in [3.05, 3.63) is 47.7 Å². The Labute approximate surface area is 133 Å². The van der Waals surface area contributed by atoms with Gasteiger partial charge in [-0.2, -0.15) is 0 Å². The standard InChI is InChI=1S/C18H23NO2S/c1-22(20,11-9-17-7-5-10-21-17)14-15-12-16-6-3-2-4-8-18(16)19-13-15/h2-4,6,8,12-13,16-17H,1,5,7,9-11,14H2. The Bertz CT molecular complexity index is 659. The summed E-state index contributed by atoms with van der Waals surface area (Å²) in [6.45, 7) is 0.845. The zero-order valence-corrected chi connectivity index (χ0v) is 13.6. The third-order valence-corrected chi connectivity index (χ3v) is 6.03. The number of allylic oxidation sites excluding steroid dienone is 5. The van der Waals surface area contributed by atoms with Crippen LogP contribution in [0.15, 0.2) is 52.7 Å². The smallest absolute Gasteiger partial charge is 0.0584 e. The van der Waals surface area contributed by atoms with Crippen LogP contribution in [0.1, 0.15) is 19.3 Å². The molecule has 0 amide bonds. The summed E-state index contributed by atoms with van der Waals surface area (Å²) in [6, 6.07) is 0. The summed E-state index contributed by atoms with van der Waals surface area (Å²) < 4.78 is 18.3. The van der Waals surface area contributed by atoms with Gasteiger partial charge in [0.15, 0.2) is 0 Å². The van der Waals surface area contributed by atoms with Crippen LogP contribution in [0.3, 0.4) is 0 Å². The third kappa shape index (κ3) is 4.08. The minimum atomic E-state index is -2.11. The molecule has 22 heavy (non-hydrogen) atoms. The first-order chi connectivity index (χ1) is 10.6. The molecule has 2 aliphatic heterocycles. The highest BCUT2D eigenvalue weighted by Gasteiger charge is 2.19. The van der Waals surface area contributed by atoms with Crippen molar-refractivity contribution in [1.82, 2.24) is 0 Å². The highest BCUT2D eigenvalue weighted by atomic mass is 32.2. The van der Waals surface area contributed by atoms with E-state index >= 15 is 0 Å². The van der Waals surface area contributed by atoms with Crippen LogP contribution in [-0.2, 0) is 14.3 Å². The molecule has 0 radical (unpaired) electrons. The lowest BCUT2D eigenvalue weighted by Gasteiger charge is -2.18. The molecule has 1 aliphatic carbocycles. The van der Waals surface area contributed by atoms with Crippen LogP contribution in [-0.4, -0.2) is 40.5 Å². The molecule has 0 bridgehead atoms. The number of ether oxygens (including phenoxy) is 1. The van der Waals surface area contributed by atoms with Crippen LogP contribution >= 0.6 is 0 Å². The summed E-state index contributed by atoms with van der Waals surface area (Å²) in [5.41, 5.74) is 2.06. The van der Waals surface area contributed by atoms with E-state index in [1.165, 1.54) is 0 Å². The maximum atomic E-state index is 12.7. The minimum Gasteiger partial charge on any atom is -0.378 e. The molecule has 3 unspecified atom stereocenters. The normalized spacial score (nSPS) is 29.5. The van der Waals surface area contributed by atoms with Crippen molar-refractivity contribution in [2.45, 2.75) is 25.4 Å². The van der Waals surface area contributed by atoms with Gasteiger partial charge in [0.25, 0.3) is 0 Å². The van der Waals surface area contributed by atoms with Crippen molar-refractivity contribution in [1.29, 1.82) is 0 Å². The quantitative estimate of drug-likeness (QED) is 0.731. The Kier molecular flexibility index (Phi) is 4.79. The average molecular weight is 317 g/mol. The summed E-state index contributed by atoms with van der Waals surface area (Å²) in [5, 5.41) is 0. The van der Waals surface area contributed by atoms with Gasteiger partial charge in [-0.3, -0.25) is 9.20 Å². The summed E-state index contributed by atoms with van der Waals surface area (Å²) >= 11 is 0. The third-order valence-electron chi connectivity index (χ3n) is 4.19. The van der Waals surface area contributed by atoms with Gasteiger partial charge in [-0.15, -0.1) is 0 Å². The van der Waals surface area contributed by atoms with Gasteiger partial charge in [-0.1, -0.05) is 30.4 Å². The molecule has 0 saturated carbocycles. The molecule has 1 fully saturated rings. The van der Waals surface area contributed by atoms with Gasteiger partial charge >= 0.3 is 0 Å². The lowest BCUT2D eigenvalue weighted by Crippen LogP contribution is -2.19. The first-order valence-electron chi connectivity index (χ1n) is 7.86. The monoisotopic (exact) mass is 317 g/mol. The molecule has 3 rings (SSSR count). The molecule has 0 aromatic rings. The highest BCUT2D eigenvalue weighted by molar-refractivity contribution is 8.00. The Morgan fingerprint density at radius 1 is 1.36 bits per heavy atom. The van der Waals surface area contributed by atoms with E-state index in [0.29, 0.717) is 11.5 Å². The van der Waals surface area contributed by atoms with E-state index < -0.39 is 9.52 Å². The first-order valence-corrected chi connectivity index (χ1v) is 9.93. The molecule has 118 valence electrons. The fourth-order valence-corrected chi connectivity index (χ4v) is 4.61. The summed E-state index contributed by atoms with van der Waals surface area (Å²) in [5.74, 6) is 5.30. The van der Waals surface area contributed by atoms with Crippen LogP contribution in [0, 0.1) is 5.92 Å². The highest BCUT2D eigenvalue weighted by Crippen LogP contribution is 2.24. The van der Waals surface area contributed by atoms with Gasteiger partial charge in [-0.25, -0.2) is 0 Å². The number of rotatable bonds is 5. The van der Waals surface area contributed by atoms with Gasteiger partial charge in [0.1, 0.15) is 0 Å². The topological polar surface area (TPSA) is 38.7 Å². The zero-order chi connectivity index (χ0) is 15.4. The molecule has 0 aromatic carbocycles. The van der Waals surface area contributed by atoms with E-state index in [9.17, 15) is 4.21 Å². The molecule has 0 aromatic heterocycles. The second-order valence-electron chi connectivity index (χ2n) is 6.12. The predicted octanol–water partition coefficient (Wildman–Crippen LogP) is 2.91. The van der Waals surface area contributed by atoms with Crippen LogP contribution in [0.4, 0.5) is 0 Å². The van der Waals surface area contributed by atoms with Crippen LogP contribution in [0.25, 0.3) is 0 Å². The maximum Gasteiger partial charge on any atom is 0.0584 e. The molecule has 1 saturated heterocycles. The van der Waals surface area contributed by atoms with Crippen molar-refractivity contribution in [2.75, 3.05) is 18.1 Å². The number of nitrogens with zero attached hydrogens (tertiary/aromatic N) is 1. The fourth-order valence-electron chi connectivity index (χ4n) is 2.99. The van der Waals surface area contributed by atoms with Gasteiger partial charge in [0, 0.05) is 30.2 Å². The Morgan fingerprint density at radius 2 is 2.27 bits per heavy atom. The Hall–Kier alpha value is -1.39. The second kappa shape index (κ2) is 6.80. The van der Waals surface area contributed by atoms with Crippen molar-refractivity contribution < 1.29 is 8.95 Å². The minimum absolute atomic E-state index is 0.184. The number of hydrogen-bond acceptors (Lipinski definition) is 3. The molecule has 4 heteroatoms. The van der Waals surface area contributed by atoms with Crippen molar-refractivity contribution in [3.63, 3.8) is 0 Å². The zero-order valence-electron chi connectivity index (χ0n) is 12.8. The van der Waals surface area contributed by atoms with E-state index in [1.54, 1.807) is 0 Å². The molecule has 0 N–H and O–H groups in total. The van der Waals surface area contributed by atoms with Crippen molar-refractivity contribution in [2.24, 2.45) is 10.9 Å². The first kappa shape index (κ1) is 15.5. The summed E-state index contributed by atoms with van der Waals surface area (Å²) in [4.78, 5) is 4.50. The molecule has 3 aliphatic rings. The second-order valence-corrected chi connectivity index (χ2v) is 8.75. The van der Waals surface area contributed by atoms with Crippen LogP contribution in [0.2, 0.25) is 0 Å². The van der Waals surface area contributed by atoms with E-state index in [2.05, 4.69) is 23.0 Å². The molecular formula is C18H23NO2S. The van der Waals surface area contributed by atoms with Gasteiger partial charge < -0.3 is 4.74 Å². The SMILES string of the molecule is C=S(=O)(CCC1CCCO1)CC1=CC2C=CC=CC=C2N=C1. The molecule has 3 atom stereocenters. The van der Waals surface area contributed by atoms with E-state index in [-0.39, 0.29) is 12.0 Å².